The number of quaternary nitrogens is 1. The van der Waals surface area contributed by atoms with Crippen molar-refractivity contribution in [2.24, 2.45) is 5.92 Å². The Labute approximate surface area is 64.4 Å². The Kier molecular flexibility index (Phi) is 4.02. The van der Waals surface area contributed by atoms with Crippen LogP contribution in [0.5, 0.6) is 0 Å². The highest BCUT2D eigenvalue weighted by atomic mass is 16.4. The lowest BCUT2D eigenvalue weighted by Gasteiger charge is -2.21. The van der Waals surface area contributed by atoms with E-state index in [1.807, 2.05) is 0 Å². The van der Waals surface area contributed by atoms with Gasteiger partial charge in [-0.05, 0) is 6.92 Å². The van der Waals surface area contributed by atoms with Crippen molar-refractivity contribution in [2.75, 3.05) is 6.61 Å². The zero-order valence-electron chi connectivity index (χ0n) is 6.36. The number of hydrogen-bond donors (Lipinski definition) is 3. The van der Waals surface area contributed by atoms with Gasteiger partial charge < -0.3 is 25.8 Å². The van der Waals surface area contributed by atoms with Crippen LogP contribution in [0.2, 0.25) is 0 Å². The molecule has 0 heterocycles. The van der Waals surface area contributed by atoms with Gasteiger partial charge in [0, 0.05) is 0 Å². The molecule has 66 valence electrons. The summed E-state index contributed by atoms with van der Waals surface area (Å²) in [5, 5.41) is 27.8. The van der Waals surface area contributed by atoms with E-state index in [0.29, 0.717) is 0 Å². The molecule has 0 fully saturated rings. The van der Waals surface area contributed by atoms with Gasteiger partial charge in [-0.15, -0.1) is 0 Å². The zero-order chi connectivity index (χ0) is 9.02. The van der Waals surface area contributed by atoms with Gasteiger partial charge in [0.1, 0.15) is 6.04 Å². The van der Waals surface area contributed by atoms with Gasteiger partial charge in [-0.25, -0.2) is 0 Å². The fourth-order valence-electron chi connectivity index (χ4n) is 0.791. The van der Waals surface area contributed by atoms with Crippen LogP contribution in [0.4, 0.5) is 0 Å². The molecular formula is C6H13NO4. The van der Waals surface area contributed by atoms with Gasteiger partial charge in [-0.2, -0.15) is 0 Å². The molecular weight excluding hydrogens is 150 g/mol. The van der Waals surface area contributed by atoms with E-state index in [1.165, 1.54) is 6.92 Å². The first-order chi connectivity index (χ1) is 5.00. The van der Waals surface area contributed by atoms with Crippen LogP contribution in [0.25, 0.3) is 0 Å². The van der Waals surface area contributed by atoms with Crippen LogP contribution in [-0.2, 0) is 4.79 Å². The summed E-state index contributed by atoms with van der Waals surface area (Å²) in [4.78, 5) is 10.2. The number of aliphatic carboxylic acids is 1. The van der Waals surface area contributed by atoms with Crippen molar-refractivity contribution < 1.29 is 25.8 Å². The molecule has 3 atom stereocenters. The van der Waals surface area contributed by atoms with E-state index in [1.54, 1.807) is 0 Å². The second-order valence-corrected chi connectivity index (χ2v) is 2.51. The maximum absolute atomic E-state index is 10.2. The van der Waals surface area contributed by atoms with Crippen LogP contribution in [0.15, 0.2) is 0 Å². The van der Waals surface area contributed by atoms with Crippen LogP contribution < -0.4 is 10.8 Å². The van der Waals surface area contributed by atoms with Gasteiger partial charge in [0.2, 0.25) is 0 Å². The number of carboxylic acids is 1. The largest absolute Gasteiger partial charge is 0.544 e. The molecule has 0 aliphatic carbocycles. The van der Waals surface area contributed by atoms with Gasteiger partial charge >= 0.3 is 0 Å². The first-order valence-corrected chi connectivity index (χ1v) is 3.33. The van der Waals surface area contributed by atoms with Crippen molar-refractivity contribution in [3.05, 3.63) is 0 Å². The Morgan fingerprint density at radius 2 is 2.18 bits per heavy atom. The molecule has 0 spiro atoms. The maximum Gasteiger partial charge on any atom is 0.132 e. The molecule has 0 rings (SSSR count). The van der Waals surface area contributed by atoms with Gasteiger partial charge in [0.05, 0.1) is 24.6 Å². The standard InChI is InChI=1S/C6H13NO4/c1-3(9)4(2-8)5(7)6(10)11/h3-5,8-9H,2,7H2,1H3,(H,10,11)/t3-,4-,5-/m0/s1. The summed E-state index contributed by atoms with van der Waals surface area (Å²) in [7, 11) is 0. The monoisotopic (exact) mass is 163 g/mol. The Morgan fingerprint density at radius 3 is 2.27 bits per heavy atom. The minimum atomic E-state index is -1.36. The molecule has 0 aliphatic rings. The van der Waals surface area contributed by atoms with E-state index >= 15 is 0 Å². The average Bonchev–Trinajstić information content (AvgIpc) is 1.88. The van der Waals surface area contributed by atoms with Gasteiger partial charge in [-0.1, -0.05) is 0 Å². The lowest BCUT2D eigenvalue weighted by Crippen LogP contribution is -2.73. The van der Waals surface area contributed by atoms with Gasteiger partial charge in [0.15, 0.2) is 0 Å². The van der Waals surface area contributed by atoms with Crippen LogP contribution in [0.3, 0.4) is 0 Å². The molecule has 0 aliphatic heterocycles. The first kappa shape index (κ1) is 10.3. The first-order valence-electron chi connectivity index (χ1n) is 3.33. The Balaban J connectivity index is 4.13. The van der Waals surface area contributed by atoms with Crippen molar-refractivity contribution in [3.8, 4) is 0 Å². The number of carboxylic acid groups (broad SMARTS) is 1. The van der Waals surface area contributed by atoms with Crippen molar-refractivity contribution in [1.29, 1.82) is 0 Å². The summed E-state index contributed by atoms with van der Waals surface area (Å²) in [6.45, 7) is 1.00. The van der Waals surface area contributed by atoms with Crippen LogP contribution in [-0.4, -0.2) is 34.9 Å². The Bertz CT molecular complexity index is 137. The molecule has 0 saturated carbocycles. The molecule has 0 unspecified atom stereocenters. The molecule has 5 heteroatoms. The molecule has 5 nitrogen and oxygen atoms in total. The molecule has 0 aromatic heterocycles. The van der Waals surface area contributed by atoms with E-state index < -0.39 is 30.6 Å². The molecule has 5 N–H and O–H groups in total. The van der Waals surface area contributed by atoms with Crippen molar-refractivity contribution in [3.63, 3.8) is 0 Å². The fraction of sp³-hybridized carbons (Fsp3) is 0.833. The minimum absolute atomic E-state index is 0.403. The number of carbonyl (C=O) groups excluding carboxylic acids is 1. The second kappa shape index (κ2) is 4.27. The van der Waals surface area contributed by atoms with E-state index in [0.717, 1.165) is 0 Å². The number of aliphatic hydroxyl groups excluding tert-OH is 2. The van der Waals surface area contributed by atoms with Crippen molar-refractivity contribution in [1.82, 2.24) is 0 Å². The predicted molar refractivity (Wildman–Crippen MR) is 33.9 cm³/mol. The normalized spacial score (nSPS) is 18.9. The lowest BCUT2D eigenvalue weighted by molar-refractivity contribution is -0.452. The van der Waals surface area contributed by atoms with E-state index in [-0.39, 0.29) is 0 Å². The third kappa shape index (κ3) is 2.83. The molecule has 0 amide bonds. The number of aliphatic hydroxyl groups is 2. The van der Waals surface area contributed by atoms with Crippen molar-refractivity contribution >= 4 is 5.97 Å². The van der Waals surface area contributed by atoms with Gasteiger partial charge in [0.25, 0.3) is 0 Å². The molecule has 11 heavy (non-hydrogen) atoms. The summed E-state index contributed by atoms with van der Waals surface area (Å²) in [5.74, 6) is -2.11. The highest BCUT2D eigenvalue weighted by molar-refractivity contribution is 5.69. The van der Waals surface area contributed by atoms with Crippen molar-refractivity contribution in [2.45, 2.75) is 19.1 Å². The molecule has 0 aromatic rings. The minimum Gasteiger partial charge on any atom is -0.544 e. The quantitative estimate of drug-likeness (QED) is 0.397. The summed E-state index contributed by atoms with van der Waals surface area (Å²) in [6, 6.07) is -1.07. The summed E-state index contributed by atoms with van der Waals surface area (Å²) >= 11 is 0. The molecule has 0 saturated heterocycles. The van der Waals surface area contributed by atoms with Crippen LogP contribution in [0, 0.1) is 5.92 Å². The summed E-state index contributed by atoms with van der Waals surface area (Å²) < 4.78 is 0. The highest BCUT2D eigenvalue weighted by Crippen LogP contribution is 2.04. The topological polar surface area (TPSA) is 108 Å². The SMILES string of the molecule is C[C@H](O)[C@H](CO)[C@H]([NH3+])C(=O)[O-]. The summed E-state index contributed by atoms with van der Waals surface area (Å²) in [5.41, 5.74) is 3.25. The third-order valence-corrected chi connectivity index (χ3v) is 1.65. The number of carbonyl (C=O) groups is 1. The van der Waals surface area contributed by atoms with E-state index in [4.69, 9.17) is 10.2 Å². The number of rotatable bonds is 4. The fourth-order valence-corrected chi connectivity index (χ4v) is 0.791. The predicted octanol–water partition coefficient (Wildman–Crippen LogP) is -3.66. The molecule has 0 radical (unpaired) electrons. The Hall–Kier alpha value is -0.650. The number of hydrogen-bond acceptors (Lipinski definition) is 4. The molecule has 0 aromatic carbocycles. The van der Waals surface area contributed by atoms with Crippen LogP contribution in [0.1, 0.15) is 6.92 Å². The zero-order valence-corrected chi connectivity index (χ0v) is 6.36. The smallest absolute Gasteiger partial charge is 0.132 e. The van der Waals surface area contributed by atoms with Crippen LogP contribution >= 0.6 is 0 Å². The Morgan fingerprint density at radius 1 is 1.73 bits per heavy atom. The highest BCUT2D eigenvalue weighted by Gasteiger charge is 2.25. The average molecular weight is 163 g/mol. The maximum atomic E-state index is 10.2. The van der Waals surface area contributed by atoms with E-state index in [2.05, 4.69) is 5.73 Å². The summed E-state index contributed by atoms with van der Waals surface area (Å²) in [6.07, 6.45) is -0.889. The van der Waals surface area contributed by atoms with Gasteiger partial charge in [-0.3, -0.25) is 0 Å². The van der Waals surface area contributed by atoms with E-state index in [9.17, 15) is 9.90 Å². The second-order valence-electron chi connectivity index (χ2n) is 2.51. The third-order valence-electron chi connectivity index (χ3n) is 1.65. The lowest BCUT2D eigenvalue weighted by atomic mass is 9.96. The molecule has 0 bridgehead atoms.